The van der Waals surface area contributed by atoms with Gasteiger partial charge in [0.25, 0.3) is 0 Å². The molecule has 3 aromatic rings. The molecule has 0 spiro atoms. The normalized spacial score (nSPS) is 18.9. The van der Waals surface area contributed by atoms with Crippen LogP contribution in [0.1, 0.15) is 73.5 Å². The summed E-state index contributed by atoms with van der Waals surface area (Å²) in [6, 6.07) is 5.12. The van der Waals surface area contributed by atoms with E-state index in [0.29, 0.717) is 35.1 Å². The topological polar surface area (TPSA) is 92.9 Å². The predicted octanol–water partition coefficient (Wildman–Crippen LogP) is 6.18. The lowest BCUT2D eigenvalue weighted by molar-refractivity contribution is -0.137. The fourth-order valence-corrected chi connectivity index (χ4v) is 4.85. The Bertz CT molecular complexity index is 1420. The van der Waals surface area contributed by atoms with E-state index in [2.05, 4.69) is 27.4 Å². The molecule has 2 aliphatic carbocycles. The molecule has 7 nitrogen and oxygen atoms in total. The maximum absolute atomic E-state index is 13.1. The summed E-state index contributed by atoms with van der Waals surface area (Å²) in [7, 11) is 0. The molecule has 2 N–H and O–H groups in total. The summed E-state index contributed by atoms with van der Waals surface area (Å²) in [6.07, 6.45) is 2.57. The van der Waals surface area contributed by atoms with Gasteiger partial charge in [-0.25, -0.2) is 19.7 Å². The molecule has 2 atom stereocenters. The van der Waals surface area contributed by atoms with Gasteiger partial charge >= 0.3 is 12.1 Å². The first-order chi connectivity index (χ1) is 17.5. The number of aromatic nitrogens is 4. The number of anilines is 1. The summed E-state index contributed by atoms with van der Waals surface area (Å²) in [5, 5.41) is 13.0. The van der Waals surface area contributed by atoms with E-state index in [1.54, 1.807) is 0 Å². The zero-order chi connectivity index (χ0) is 26.5. The van der Waals surface area contributed by atoms with Crippen molar-refractivity contribution in [3.05, 3.63) is 70.3 Å². The smallest absolute Gasteiger partial charge is 0.416 e. The van der Waals surface area contributed by atoms with Crippen LogP contribution in [0, 0.1) is 5.92 Å². The molecule has 37 heavy (non-hydrogen) atoms. The van der Waals surface area contributed by atoms with Gasteiger partial charge in [0.15, 0.2) is 11.5 Å². The van der Waals surface area contributed by atoms with Crippen LogP contribution in [0.5, 0.6) is 0 Å². The van der Waals surface area contributed by atoms with Crippen molar-refractivity contribution in [2.45, 2.75) is 64.7 Å². The summed E-state index contributed by atoms with van der Waals surface area (Å²) < 4.78 is 41.3. The van der Waals surface area contributed by atoms with Crippen molar-refractivity contribution in [2.75, 3.05) is 5.32 Å². The minimum atomic E-state index is -4.42. The number of aromatic carboxylic acids is 1. The van der Waals surface area contributed by atoms with Crippen LogP contribution in [0.25, 0.3) is 11.2 Å². The molecule has 2 heterocycles. The lowest BCUT2D eigenvalue weighted by atomic mass is 9.88. The summed E-state index contributed by atoms with van der Waals surface area (Å²) in [4.78, 5) is 25.2. The van der Waals surface area contributed by atoms with E-state index in [1.165, 1.54) is 12.1 Å². The van der Waals surface area contributed by atoms with E-state index in [4.69, 9.17) is 4.98 Å². The van der Waals surface area contributed by atoms with Crippen LogP contribution in [0.3, 0.4) is 0 Å². The summed E-state index contributed by atoms with van der Waals surface area (Å²) >= 11 is 0. The van der Waals surface area contributed by atoms with E-state index in [-0.39, 0.29) is 30.0 Å². The number of hydrogen-bond donors (Lipinski definition) is 2. The number of carboxylic acids is 1. The highest BCUT2D eigenvalue weighted by Crippen LogP contribution is 2.38. The molecule has 1 aromatic carbocycles. The van der Waals surface area contributed by atoms with Gasteiger partial charge in [-0.15, -0.1) is 0 Å². The third-order valence-corrected chi connectivity index (χ3v) is 7.34. The molecule has 1 fully saturated rings. The van der Waals surface area contributed by atoms with Gasteiger partial charge in [0, 0.05) is 18.5 Å². The summed E-state index contributed by atoms with van der Waals surface area (Å²) in [5.74, 6) is -0.172. The number of fused-ring (bicyclic) bond motifs is 1. The maximum Gasteiger partial charge on any atom is 0.416 e. The van der Waals surface area contributed by atoms with Crippen molar-refractivity contribution < 1.29 is 23.1 Å². The predicted molar refractivity (Wildman–Crippen MR) is 134 cm³/mol. The van der Waals surface area contributed by atoms with E-state index >= 15 is 0 Å². The van der Waals surface area contributed by atoms with Crippen molar-refractivity contribution in [3.8, 4) is 0 Å². The van der Waals surface area contributed by atoms with Gasteiger partial charge in [-0.05, 0) is 63.6 Å². The molecule has 0 aliphatic heterocycles. The molecule has 0 bridgehead atoms. The number of hydrogen-bond acceptors (Lipinski definition) is 5. The molecule has 0 saturated heterocycles. The van der Waals surface area contributed by atoms with Gasteiger partial charge in [0.2, 0.25) is 5.82 Å². The molecule has 0 radical (unpaired) electrons. The third-order valence-electron chi connectivity index (χ3n) is 7.34. The SMILES string of the molecule is CC1=C(C)C(c2nc3nc(C(=O)O)nc(N[C@H](C)C4CC4)c3n2Cc2ccc(C(F)(F)F)cc2)CC=C1. The molecule has 1 unspecified atom stereocenters. The number of carbonyl (C=O) groups is 1. The van der Waals surface area contributed by atoms with Crippen LogP contribution in [0.2, 0.25) is 0 Å². The number of halogens is 3. The standard InChI is InChI=1S/C27H28F3N5O2/c1-14-5-4-6-20(15(14)2)25-34-23-21(35(25)13-17-7-11-19(12-8-17)27(28,29)30)22(31-16(3)18-9-10-18)32-24(33-23)26(36)37/h4-5,7-8,11-12,16,18,20H,6,9-10,13H2,1-3H3,(H,36,37)(H,31,32,33)/t16-,20?/m1/s1. The Balaban J connectivity index is 1.68. The average Bonchev–Trinajstić information content (AvgIpc) is 3.63. The average molecular weight is 512 g/mol. The molecular formula is C27H28F3N5O2. The van der Waals surface area contributed by atoms with Crippen LogP contribution < -0.4 is 5.32 Å². The molecule has 0 amide bonds. The fourth-order valence-electron chi connectivity index (χ4n) is 4.85. The third kappa shape index (κ3) is 4.97. The first kappa shape index (κ1) is 25.0. The zero-order valence-electron chi connectivity index (χ0n) is 20.8. The van der Waals surface area contributed by atoms with Gasteiger partial charge in [0.1, 0.15) is 11.3 Å². The quantitative estimate of drug-likeness (QED) is 0.393. The van der Waals surface area contributed by atoms with Crippen LogP contribution in [-0.4, -0.2) is 36.6 Å². The number of rotatable bonds is 7. The minimum absolute atomic E-state index is 0.0686. The maximum atomic E-state index is 13.1. The highest BCUT2D eigenvalue weighted by atomic mass is 19.4. The Kier molecular flexibility index (Phi) is 6.29. The van der Waals surface area contributed by atoms with Crippen molar-refractivity contribution in [1.82, 2.24) is 19.5 Å². The van der Waals surface area contributed by atoms with Crippen LogP contribution in [-0.2, 0) is 12.7 Å². The molecular weight excluding hydrogens is 483 g/mol. The van der Waals surface area contributed by atoms with Gasteiger partial charge in [-0.2, -0.15) is 13.2 Å². The van der Waals surface area contributed by atoms with Crippen LogP contribution >= 0.6 is 0 Å². The van der Waals surface area contributed by atoms with Gasteiger partial charge < -0.3 is 15.0 Å². The lowest BCUT2D eigenvalue weighted by Gasteiger charge is -2.23. The summed E-state index contributed by atoms with van der Waals surface area (Å²) in [6.45, 7) is 6.33. The zero-order valence-corrected chi connectivity index (χ0v) is 20.8. The number of benzene rings is 1. The molecule has 2 aromatic heterocycles. The fraction of sp³-hybridized carbons (Fsp3) is 0.407. The van der Waals surface area contributed by atoms with E-state index in [9.17, 15) is 23.1 Å². The molecule has 5 rings (SSSR count). The second-order valence-corrected chi connectivity index (χ2v) is 9.95. The Morgan fingerprint density at radius 1 is 1.16 bits per heavy atom. The van der Waals surface area contributed by atoms with Crippen molar-refractivity contribution in [3.63, 3.8) is 0 Å². The molecule has 10 heteroatoms. The van der Waals surface area contributed by atoms with Crippen molar-refractivity contribution in [1.29, 1.82) is 0 Å². The van der Waals surface area contributed by atoms with Crippen molar-refractivity contribution in [2.24, 2.45) is 5.92 Å². The molecule has 2 aliphatic rings. The van der Waals surface area contributed by atoms with Crippen LogP contribution in [0.4, 0.5) is 19.0 Å². The largest absolute Gasteiger partial charge is 0.475 e. The number of nitrogens with zero attached hydrogens (tertiary/aromatic N) is 4. The Hall–Kier alpha value is -3.69. The first-order valence-electron chi connectivity index (χ1n) is 12.3. The van der Waals surface area contributed by atoms with Gasteiger partial charge in [0.05, 0.1) is 5.56 Å². The van der Waals surface area contributed by atoms with E-state index in [0.717, 1.165) is 36.1 Å². The summed E-state index contributed by atoms with van der Waals surface area (Å²) in [5.41, 5.74) is 2.98. The molecule has 1 saturated carbocycles. The number of imidazole rings is 1. The number of alkyl halides is 3. The second kappa shape index (κ2) is 9.32. The Morgan fingerprint density at radius 3 is 2.49 bits per heavy atom. The molecule has 194 valence electrons. The lowest BCUT2D eigenvalue weighted by Crippen LogP contribution is -2.21. The highest BCUT2D eigenvalue weighted by molar-refractivity contribution is 5.91. The van der Waals surface area contributed by atoms with Gasteiger partial charge in [-0.1, -0.05) is 35.4 Å². The highest BCUT2D eigenvalue weighted by Gasteiger charge is 2.32. The minimum Gasteiger partial charge on any atom is -0.475 e. The second-order valence-electron chi connectivity index (χ2n) is 9.95. The number of allylic oxidation sites excluding steroid dienone is 4. The van der Waals surface area contributed by atoms with Gasteiger partial charge in [-0.3, -0.25) is 0 Å². The monoisotopic (exact) mass is 511 g/mol. The first-order valence-corrected chi connectivity index (χ1v) is 12.3. The van der Waals surface area contributed by atoms with E-state index in [1.807, 2.05) is 25.3 Å². The number of carboxylic acid groups (broad SMARTS) is 1. The number of nitrogens with one attached hydrogen (secondary N) is 1. The Labute approximate surface area is 212 Å². The van der Waals surface area contributed by atoms with E-state index < -0.39 is 17.7 Å². The van der Waals surface area contributed by atoms with Crippen molar-refractivity contribution >= 4 is 23.0 Å². The van der Waals surface area contributed by atoms with Crippen LogP contribution in [0.15, 0.2) is 47.6 Å². The Morgan fingerprint density at radius 2 is 1.86 bits per heavy atom.